The number of piperidine rings is 1. The SMILES string of the molecule is CCl.Cn1cc2c(cc1=O)C1(CCN(C(=O)OC(C)(C)C)CC1)OC2. The number of halogens is 1. The van der Waals surface area contributed by atoms with Gasteiger partial charge in [0.25, 0.3) is 5.56 Å². The summed E-state index contributed by atoms with van der Waals surface area (Å²) in [6, 6.07) is 1.69. The highest BCUT2D eigenvalue weighted by atomic mass is 35.5. The van der Waals surface area contributed by atoms with Gasteiger partial charge in [-0.2, -0.15) is 0 Å². The van der Waals surface area contributed by atoms with Crippen molar-refractivity contribution in [1.29, 1.82) is 0 Å². The Bertz CT molecular complexity index is 685. The van der Waals surface area contributed by atoms with Crippen molar-refractivity contribution >= 4 is 17.7 Å². The number of likely N-dealkylation sites (tertiary alicyclic amines) is 1. The summed E-state index contributed by atoms with van der Waals surface area (Å²) < 4.78 is 13.1. The van der Waals surface area contributed by atoms with Gasteiger partial charge in [-0.1, -0.05) is 0 Å². The van der Waals surface area contributed by atoms with Crippen LogP contribution in [0.4, 0.5) is 4.79 Å². The van der Waals surface area contributed by atoms with Gasteiger partial charge in [0.1, 0.15) is 5.60 Å². The molecule has 0 aromatic carbocycles. The summed E-state index contributed by atoms with van der Waals surface area (Å²) in [5.41, 5.74) is 1.11. The quantitative estimate of drug-likeness (QED) is 0.659. The Balaban J connectivity index is 0.00000109. The molecule has 1 amide bonds. The second kappa shape index (κ2) is 7.38. The number of fused-ring (bicyclic) bond motifs is 2. The van der Waals surface area contributed by atoms with Crippen molar-refractivity contribution in [1.82, 2.24) is 9.47 Å². The van der Waals surface area contributed by atoms with Gasteiger partial charge in [0.05, 0.1) is 12.2 Å². The minimum Gasteiger partial charge on any atom is -0.444 e. The second-order valence-corrected chi connectivity index (χ2v) is 7.41. The zero-order valence-electron chi connectivity index (χ0n) is 15.6. The van der Waals surface area contributed by atoms with Crippen LogP contribution in [-0.2, 0) is 28.7 Å². The molecule has 2 aliphatic rings. The number of amides is 1. The van der Waals surface area contributed by atoms with Crippen LogP contribution in [0.2, 0.25) is 0 Å². The summed E-state index contributed by atoms with van der Waals surface area (Å²) in [6.07, 6.45) is 4.42. The van der Waals surface area contributed by atoms with Crippen LogP contribution >= 0.6 is 11.6 Å². The lowest BCUT2D eigenvalue weighted by Crippen LogP contribution is -2.47. The first kappa shape index (κ1) is 19.8. The number of alkyl halides is 1. The lowest BCUT2D eigenvalue weighted by molar-refractivity contribution is -0.0797. The van der Waals surface area contributed by atoms with Crippen molar-refractivity contribution in [3.05, 3.63) is 33.7 Å². The number of aryl methyl sites for hydroxylation is 1. The minimum atomic E-state index is -0.491. The molecule has 0 bridgehead atoms. The van der Waals surface area contributed by atoms with Gasteiger partial charge in [0.15, 0.2) is 0 Å². The van der Waals surface area contributed by atoms with Crippen LogP contribution in [0.1, 0.15) is 44.7 Å². The Labute approximate surface area is 153 Å². The lowest BCUT2D eigenvalue weighted by Gasteiger charge is -2.39. The Morgan fingerprint density at radius 1 is 1.28 bits per heavy atom. The van der Waals surface area contributed by atoms with E-state index < -0.39 is 11.2 Å². The first-order valence-corrected chi connectivity index (χ1v) is 9.15. The molecule has 0 N–H and O–H groups in total. The van der Waals surface area contributed by atoms with E-state index >= 15 is 0 Å². The van der Waals surface area contributed by atoms with E-state index in [-0.39, 0.29) is 11.7 Å². The number of nitrogens with zero attached hydrogens (tertiary/aromatic N) is 2. The fraction of sp³-hybridized carbons (Fsp3) is 0.667. The normalized spacial score (nSPS) is 18.4. The van der Waals surface area contributed by atoms with Crippen LogP contribution in [-0.4, -0.2) is 40.6 Å². The summed E-state index contributed by atoms with van der Waals surface area (Å²) in [4.78, 5) is 25.8. The molecule has 0 saturated carbocycles. The molecule has 3 heterocycles. The molecule has 1 fully saturated rings. The molecule has 7 heteroatoms. The number of aromatic nitrogens is 1. The van der Waals surface area contributed by atoms with Gasteiger partial charge in [0.2, 0.25) is 0 Å². The monoisotopic (exact) mass is 370 g/mol. The predicted octanol–water partition coefficient (Wildman–Crippen LogP) is 3.00. The van der Waals surface area contributed by atoms with E-state index in [2.05, 4.69) is 11.6 Å². The molecule has 1 aromatic rings. The van der Waals surface area contributed by atoms with E-state index in [4.69, 9.17) is 9.47 Å². The van der Waals surface area contributed by atoms with Crippen molar-refractivity contribution in [2.24, 2.45) is 7.05 Å². The van der Waals surface area contributed by atoms with Gasteiger partial charge in [0, 0.05) is 44.3 Å². The summed E-state index contributed by atoms with van der Waals surface area (Å²) in [7, 11) is 1.75. The molecule has 1 aromatic heterocycles. The highest BCUT2D eigenvalue weighted by Gasteiger charge is 2.44. The van der Waals surface area contributed by atoms with E-state index in [0.717, 1.165) is 11.1 Å². The molecular weight excluding hydrogens is 344 g/mol. The molecule has 6 nitrogen and oxygen atoms in total. The molecule has 1 spiro atoms. The number of carbonyl (C=O) groups excluding carboxylic acids is 1. The number of rotatable bonds is 0. The minimum absolute atomic E-state index is 0.0248. The highest BCUT2D eigenvalue weighted by molar-refractivity contribution is 6.15. The van der Waals surface area contributed by atoms with Gasteiger partial charge < -0.3 is 18.9 Å². The predicted molar refractivity (Wildman–Crippen MR) is 97.0 cm³/mol. The Morgan fingerprint density at radius 2 is 1.88 bits per heavy atom. The van der Waals surface area contributed by atoms with Crippen molar-refractivity contribution in [3.8, 4) is 0 Å². The van der Waals surface area contributed by atoms with E-state index in [9.17, 15) is 9.59 Å². The zero-order chi connectivity index (χ0) is 18.8. The number of pyridine rings is 1. The molecule has 0 unspecified atom stereocenters. The fourth-order valence-corrected chi connectivity index (χ4v) is 3.31. The lowest BCUT2D eigenvalue weighted by atomic mass is 9.84. The van der Waals surface area contributed by atoms with Gasteiger partial charge >= 0.3 is 6.09 Å². The Hall–Kier alpha value is -1.53. The van der Waals surface area contributed by atoms with Crippen LogP contribution in [0.15, 0.2) is 17.1 Å². The summed E-state index contributed by atoms with van der Waals surface area (Å²) in [5.74, 6) is 0. The second-order valence-electron chi connectivity index (χ2n) is 7.41. The topological polar surface area (TPSA) is 60.8 Å². The van der Waals surface area contributed by atoms with E-state index in [0.29, 0.717) is 32.5 Å². The summed E-state index contributed by atoms with van der Waals surface area (Å²) in [5, 5.41) is 0. The number of hydrogen-bond donors (Lipinski definition) is 0. The van der Waals surface area contributed by atoms with Crippen LogP contribution < -0.4 is 5.56 Å². The van der Waals surface area contributed by atoms with Crippen molar-refractivity contribution in [2.75, 3.05) is 19.5 Å². The number of hydrogen-bond acceptors (Lipinski definition) is 4. The smallest absolute Gasteiger partial charge is 0.410 e. The standard InChI is InChI=1S/C17H24N2O4.CH3Cl/c1-16(2,3)23-15(21)19-7-5-17(6-8-19)13-9-14(20)18(4)10-12(13)11-22-17;1-2/h9-10H,5-8,11H2,1-4H3;1H3. The maximum Gasteiger partial charge on any atom is 0.410 e. The average molecular weight is 371 g/mol. The fourth-order valence-electron chi connectivity index (χ4n) is 3.31. The molecule has 1 saturated heterocycles. The maximum atomic E-state index is 12.2. The molecule has 3 rings (SSSR count). The van der Waals surface area contributed by atoms with Gasteiger partial charge in [-0.05, 0) is 39.2 Å². The molecule has 0 atom stereocenters. The van der Waals surface area contributed by atoms with Crippen LogP contribution in [0, 0.1) is 0 Å². The number of carbonyl (C=O) groups is 1. The third-order valence-corrected chi connectivity index (χ3v) is 4.53. The molecule has 0 aliphatic carbocycles. The van der Waals surface area contributed by atoms with E-state index in [1.165, 1.54) is 6.38 Å². The summed E-state index contributed by atoms with van der Waals surface area (Å²) >= 11 is 4.64. The van der Waals surface area contributed by atoms with Crippen molar-refractivity contribution in [3.63, 3.8) is 0 Å². The molecule has 2 aliphatic heterocycles. The van der Waals surface area contributed by atoms with E-state index in [1.54, 1.807) is 22.6 Å². The van der Waals surface area contributed by atoms with Gasteiger partial charge in [-0.25, -0.2) is 4.79 Å². The maximum absolute atomic E-state index is 12.2. The Kier molecular flexibility index (Phi) is 5.84. The Morgan fingerprint density at radius 3 is 2.44 bits per heavy atom. The summed E-state index contributed by atoms with van der Waals surface area (Å²) in [6.45, 7) is 7.26. The zero-order valence-corrected chi connectivity index (χ0v) is 16.4. The number of ether oxygens (including phenoxy) is 2. The first-order valence-electron chi connectivity index (χ1n) is 8.40. The van der Waals surface area contributed by atoms with Crippen LogP contribution in [0.3, 0.4) is 0 Å². The molecular formula is C18H27ClN2O4. The third-order valence-electron chi connectivity index (χ3n) is 4.53. The van der Waals surface area contributed by atoms with Gasteiger partial charge in [-0.15, -0.1) is 11.6 Å². The molecule has 25 heavy (non-hydrogen) atoms. The van der Waals surface area contributed by atoms with Crippen molar-refractivity contribution in [2.45, 2.75) is 51.4 Å². The average Bonchev–Trinajstić information content (AvgIpc) is 2.87. The third kappa shape index (κ3) is 4.18. The first-order chi connectivity index (χ1) is 11.7. The largest absolute Gasteiger partial charge is 0.444 e. The van der Waals surface area contributed by atoms with Crippen molar-refractivity contribution < 1.29 is 14.3 Å². The van der Waals surface area contributed by atoms with Crippen LogP contribution in [0.5, 0.6) is 0 Å². The van der Waals surface area contributed by atoms with E-state index in [1.807, 2.05) is 27.0 Å². The van der Waals surface area contributed by atoms with Crippen LogP contribution in [0.25, 0.3) is 0 Å². The highest BCUT2D eigenvalue weighted by Crippen LogP contribution is 2.43. The molecule has 140 valence electrons. The van der Waals surface area contributed by atoms with Gasteiger partial charge in [-0.3, -0.25) is 4.79 Å². The molecule has 0 radical (unpaired) electrons.